The number of halogens is 4. The van der Waals surface area contributed by atoms with Crippen molar-refractivity contribution in [2.75, 3.05) is 29.9 Å². The van der Waals surface area contributed by atoms with E-state index in [2.05, 4.69) is 15.5 Å². The Balaban J connectivity index is 1.90. The number of sulfone groups is 1. The van der Waals surface area contributed by atoms with Gasteiger partial charge < -0.3 is 10.2 Å². The van der Waals surface area contributed by atoms with Crippen LogP contribution in [0.1, 0.15) is 16.1 Å². The number of nitrogens with one attached hydrogen (secondary N) is 1. The average Bonchev–Trinajstić information content (AvgIpc) is 2.60. The highest BCUT2D eigenvalue weighted by Crippen LogP contribution is 2.33. The number of hydrogen-bond donors (Lipinski definition) is 1. The smallest absolute Gasteiger partial charge is 0.339 e. The molecular weight excluding hydrogens is 421 g/mol. The highest BCUT2D eigenvalue weighted by atomic mass is 35.5. The van der Waals surface area contributed by atoms with Crippen molar-refractivity contribution in [3.63, 3.8) is 0 Å². The lowest BCUT2D eigenvalue weighted by Gasteiger charge is -2.27. The van der Waals surface area contributed by atoms with Crippen LogP contribution in [0, 0.1) is 0 Å². The fourth-order valence-corrected chi connectivity index (χ4v) is 4.00. The molecule has 1 aliphatic rings. The fraction of sp³-hybridized carbons (Fsp3) is 0.312. The third-order valence-electron chi connectivity index (χ3n) is 4.03. The third-order valence-corrected chi connectivity index (χ3v) is 5.87. The van der Waals surface area contributed by atoms with Crippen LogP contribution in [-0.4, -0.2) is 54.0 Å². The van der Waals surface area contributed by atoms with Gasteiger partial charge in [0.25, 0.3) is 5.91 Å². The van der Waals surface area contributed by atoms with Crippen LogP contribution in [0.3, 0.4) is 0 Å². The lowest BCUT2D eigenvalue weighted by molar-refractivity contribution is -0.138. The number of carbonyl (C=O) groups excluding carboxylic acids is 1. The van der Waals surface area contributed by atoms with Crippen LogP contribution >= 0.6 is 11.6 Å². The van der Waals surface area contributed by atoms with Crippen molar-refractivity contribution in [3.8, 4) is 0 Å². The minimum Gasteiger partial charge on any atom is -0.339 e. The lowest BCUT2D eigenvalue weighted by Crippen LogP contribution is -2.44. The predicted octanol–water partition coefficient (Wildman–Crippen LogP) is 2.76. The second-order valence-electron chi connectivity index (χ2n) is 6.07. The number of benzene rings is 1. The Labute approximate surface area is 163 Å². The maximum atomic E-state index is 13.5. The Morgan fingerprint density at radius 3 is 2.43 bits per heavy atom. The molecule has 0 unspecified atom stereocenters. The molecule has 0 spiro atoms. The first-order valence-electron chi connectivity index (χ1n) is 8.02. The molecule has 1 aromatic heterocycles. The highest BCUT2D eigenvalue weighted by molar-refractivity contribution is 7.91. The summed E-state index contributed by atoms with van der Waals surface area (Å²) < 4.78 is 63.4. The second-order valence-corrected chi connectivity index (χ2v) is 8.81. The number of amides is 1. The first-order valence-corrected chi connectivity index (χ1v) is 10.2. The molecule has 1 aliphatic heterocycles. The molecule has 150 valence electrons. The maximum absolute atomic E-state index is 13.5. The van der Waals surface area contributed by atoms with Crippen LogP contribution in [0.2, 0.25) is 5.02 Å². The van der Waals surface area contributed by atoms with E-state index in [4.69, 9.17) is 11.6 Å². The van der Waals surface area contributed by atoms with E-state index in [0.717, 1.165) is 4.90 Å². The summed E-state index contributed by atoms with van der Waals surface area (Å²) in [6, 6.07) is 6.95. The number of aromatic nitrogens is 2. The van der Waals surface area contributed by atoms with Crippen LogP contribution in [0.5, 0.6) is 0 Å². The summed E-state index contributed by atoms with van der Waals surface area (Å²) in [6.45, 7) is -0.384. The number of hydrogen-bond acceptors (Lipinski definition) is 6. The summed E-state index contributed by atoms with van der Waals surface area (Å²) in [6.07, 6.45) is -4.85. The standard InChI is InChI=1S/C16H14ClF3N4O3S/c17-10-2-1-3-11(8-10)21-13-9-12(16(18,19)20)14(23-22-13)15(25)24-4-6-28(26,27)7-5-24/h1-3,8-9H,4-7H2,(H,21,22). The molecule has 7 nitrogen and oxygen atoms in total. The number of carbonyl (C=O) groups is 1. The summed E-state index contributed by atoms with van der Waals surface area (Å²) in [4.78, 5) is 13.5. The quantitative estimate of drug-likeness (QED) is 0.798. The van der Waals surface area contributed by atoms with Gasteiger partial charge in [-0.2, -0.15) is 13.2 Å². The van der Waals surface area contributed by atoms with E-state index in [1.54, 1.807) is 18.2 Å². The average molecular weight is 435 g/mol. The van der Waals surface area contributed by atoms with Gasteiger partial charge in [0.05, 0.1) is 17.1 Å². The van der Waals surface area contributed by atoms with E-state index in [1.165, 1.54) is 6.07 Å². The number of alkyl halides is 3. The minimum absolute atomic E-state index is 0.192. The minimum atomic E-state index is -4.85. The van der Waals surface area contributed by atoms with Crippen LogP contribution in [0.25, 0.3) is 0 Å². The molecule has 1 N–H and O–H groups in total. The Hall–Kier alpha value is -2.40. The molecule has 0 aliphatic carbocycles. The fourth-order valence-electron chi connectivity index (χ4n) is 2.61. The SMILES string of the molecule is O=C(c1nnc(Nc2cccc(Cl)c2)cc1C(F)(F)F)N1CCS(=O)(=O)CC1. The molecule has 2 aromatic rings. The normalized spacial score (nSPS) is 16.6. The third kappa shape index (κ3) is 4.71. The molecule has 2 heterocycles. The largest absolute Gasteiger partial charge is 0.418 e. The van der Waals surface area contributed by atoms with Gasteiger partial charge in [0.2, 0.25) is 0 Å². The van der Waals surface area contributed by atoms with Crippen molar-refractivity contribution in [2.45, 2.75) is 6.18 Å². The van der Waals surface area contributed by atoms with Crippen molar-refractivity contribution in [1.82, 2.24) is 15.1 Å². The molecule has 12 heteroatoms. The van der Waals surface area contributed by atoms with Crippen molar-refractivity contribution >= 4 is 38.9 Å². The maximum Gasteiger partial charge on any atom is 0.418 e. The van der Waals surface area contributed by atoms with E-state index in [1.807, 2.05) is 0 Å². The monoisotopic (exact) mass is 434 g/mol. The van der Waals surface area contributed by atoms with Crippen LogP contribution in [-0.2, 0) is 16.0 Å². The molecule has 1 amide bonds. The van der Waals surface area contributed by atoms with E-state index < -0.39 is 33.2 Å². The van der Waals surface area contributed by atoms with Crippen LogP contribution in [0.4, 0.5) is 24.7 Å². The molecule has 0 saturated carbocycles. The molecule has 0 atom stereocenters. The Bertz CT molecular complexity index is 1000. The highest BCUT2D eigenvalue weighted by Gasteiger charge is 2.39. The van der Waals surface area contributed by atoms with Crippen LogP contribution < -0.4 is 5.32 Å². The summed E-state index contributed by atoms with van der Waals surface area (Å²) in [7, 11) is -3.29. The van der Waals surface area contributed by atoms with Gasteiger partial charge in [0.15, 0.2) is 21.3 Å². The van der Waals surface area contributed by atoms with Gasteiger partial charge in [-0.1, -0.05) is 17.7 Å². The van der Waals surface area contributed by atoms with Gasteiger partial charge in [-0.15, -0.1) is 10.2 Å². The Kier molecular flexibility index (Phi) is 5.48. The van der Waals surface area contributed by atoms with Gasteiger partial charge in [-0.3, -0.25) is 4.79 Å². The zero-order valence-electron chi connectivity index (χ0n) is 14.2. The van der Waals surface area contributed by atoms with Gasteiger partial charge >= 0.3 is 6.18 Å². The summed E-state index contributed by atoms with van der Waals surface area (Å²) in [5.41, 5.74) is -1.73. The lowest BCUT2D eigenvalue weighted by atomic mass is 10.1. The molecule has 28 heavy (non-hydrogen) atoms. The van der Waals surface area contributed by atoms with Gasteiger partial charge in [0.1, 0.15) is 0 Å². The van der Waals surface area contributed by atoms with E-state index in [0.29, 0.717) is 16.8 Å². The Morgan fingerprint density at radius 1 is 1.14 bits per heavy atom. The van der Waals surface area contributed by atoms with Gasteiger partial charge in [0, 0.05) is 23.8 Å². The van der Waals surface area contributed by atoms with Gasteiger partial charge in [-0.05, 0) is 24.3 Å². The van der Waals surface area contributed by atoms with Crippen molar-refractivity contribution in [1.29, 1.82) is 0 Å². The van der Waals surface area contributed by atoms with Crippen molar-refractivity contribution in [3.05, 3.63) is 46.6 Å². The first kappa shape index (κ1) is 20.3. The van der Waals surface area contributed by atoms with E-state index in [-0.39, 0.29) is 30.4 Å². The van der Waals surface area contributed by atoms with Crippen molar-refractivity contribution < 1.29 is 26.4 Å². The molecule has 0 radical (unpaired) electrons. The summed E-state index contributed by atoms with van der Waals surface area (Å²) in [5.74, 6) is -1.83. The molecule has 3 rings (SSSR count). The molecule has 1 aromatic carbocycles. The zero-order chi connectivity index (χ0) is 20.5. The molecule has 1 fully saturated rings. The number of nitrogens with zero attached hydrogens (tertiary/aromatic N) is 3. The van der Waals surface area contributed by atoms with Crippen LogP contribution in [0.15, 0.2) is 30.3 Å². The van der Waals surface area contributed by atoms with Gasteiger partial charge in [-0.25, -0.2) is 8.42 Å². The first-order chi connectivity index (χ1) is 13.0. The molecular formula is C16H14ClF3N4O3S. The van der Waals surface area contributed by atoms with E-state index in [9.17, 15) is 26.4 Å². The number of anilines is 2. The Morgan fingerprint density at radius 2 is 1.82 bits per heavy atom. The molecule has 1 saturated heterocycles. The van der Waals surface area contributed by atoms with Crippen molar-refractivity contribution in [2.24, 2.45) is 0 Å². The summed E-state index contributed by atoms with van der Waals surface area (Å²) >= 11 is 5.84. The summed E-state index contributed by atoms with van der Waals surface area (Å²) in [5, 5.41) is 10.1. The topological polar surface area (TPSA) is 92.3 Å². The zero-order valence-corrected chi connectivity index (χ0v) is 15.8. The second kappa shape index (κ2) is 7.55. The number of rotatable bonds is 3. The van der Waals surface area contributed by atoms with E-state index >= 15 is 0 Å². The molecule has 0 bridgehead atoms. The predicted molar refractivity (Wildman–Crippen MR) is 96.3 cm³/mol.